The van der Waals surface area contributed by atoms with Gasteiger partial charge in [0.15, 0.2) is 0 Å². The number of H-pyrrole nitrogens is 1. The van der Waals surface area contributed by atoms with E-state index in [1.165, 1.54) is 18.3 Å². The van der Waals surface area contributed by atoms with Crippen LogP contribution in [0.5, 0.6) is 0 Å². The van der Waals surface area contributed by atoms with Gasteiger partial charge in [-0.25, -0.2) is 13.8 Å². The molecule has 3 aromatic rings. The largest absolute Gasteiger partial charge is 0.373 e. The van der Waals surface area contributed by atoms with Gasteiger partial charge in [0.2, 0.25) is 11.8 Å². The Bertz CT molecular complexity index is 1280. The highest BCUT2D eigenvalue weighted by Crippen LogP contribution is 2.24. The van der Waals surface area contributed by atoms with Gasteiger partial charge < -0.3 is 20.5 Å². The molecule has 1 fully saturated rings. The van der Waals surface area contributed by atoms with Crippen molar-refractivity contribution in [1.29, 1.82) is 0 Å². The molecule has 0 saturated carbocycles. The molecule has 1 aliphatic rings. The monoisotopic (exact) mass is 521 g/mol. The molecule has 0 radical (unpaired) electrons. The van der Waals surface area contributed by atoms with Gasteiger partial charge in [0.1, 0.15) is 23.5 Å². The van der Waals surface area contributed by atoms with Gasteiger partial charge in [-0.3, -0.25) is 9.59 Å². The number of halogens is 2. The maximum absolute atomic E-state index is 14.1. The Morgan fingerprint density at radius 3 is 2.71 bits per heavy atom. The highest BCUT2D eigenvalue weighted by atomic mass is 19.1. The molecule has 1 aliphatic heterocycles. The van der Waals surface area contributed by atoms with E-state index in [1.54, 1.807) is 0 Å². The van der Waals surface area contributed by atoms with E-state index in [0.29, 0.717) is 17.6 Å². The maximum Gasteiger partial charge on any atom is 0.243 e. The van der Waals surface area contributed by atoms with E-state index in [2.05, 4.69) is 39.0 Å². The first-order valence-corrected chi connectivity index (χ1v) is 12.8. The van der Waals surface area contributed by atoms with Crippen molar-refractivity contribution < 1.29 is 18.4 Å². The Labute approximate surface area is 221 Å². The Hall–Kier alpha value is -4.01. The number of likely N-dealkylation sites (tertiary alicyclic amines) is 1. The third kappa shape index (κ3) is 7.06. The predicted molar refractivity (Wildman–Crippen MR) is 142 cm³/mol. The lowest BCUT2D eigenvalue weighted by molar-refractivity contribution is -0.128. The Balaban J connectivity index is 1.42. The van der Waals surface area contributed by atoms with Gasteiger partial charge in [0.25, 0.3) is 0 Å². The highest BCUT2D eigenvalue weighted by Gasteiger charge is 2.26. The zero-order valence-electron chi connectivity index (χ0n) is 21.5. The molecule has 2 aromatic carbocycles. The summed E-state index contributed by atoms with van der Waals surface area (Å²) in [6, 6.07) is 12.1. The van der Waals surface area contributed by atoms with Crippen molar-refractivity contribution in [1.82, 2.24) is 25.5 Å². The summed E-state index contributed by atoms with van der Waals surface area (Å²) in [5, 5.41) is 5.69. The van der Waals surface area contributed by atoms with Crippen LogP contribution in [0, 0.1) is 11.6 Å². The van der Waals surface area contributed by atoms with Crippen molar-refractivity contribution in [3.8, 4) is 11.3 Å². The summed E-state index contributed by atoms with van der Waals surface area (Å²) in [5.74, 6) is -1.61. The number of nitrogens with zero attached hydrogens (tertiary/aromatic N) is 2. The summed E-state index contributed by atoms with van der Waals surface area (Å²) in [5.41, 5.74) is 2.20. The van der Waals surface area contributed by atoms with Crippen LogP contribution >= 0.6 is 0 Å². The van der Waals surface area contributed by atoms with Crippen molar-refractivity contribution in [2.24, 2.45) is 0 Å². The number of carbonyl (C=O) groups excluding carboxylic acids is 2. The summed E-state index contributed by atoms with van der Waals surface area (Å²) in [7, 11) is 0. The lowest BCUT2D eigenvalue weighted by Gasteiger charge is -2.37. The van der Waals surface area contributed by atoms with Crippen LogP contribution in [-0.4, -0.2) is 45.3 Å². The summed E-state index contributed by atoms with van der Waals surface area (Å²) in [4.78, 5) is 35.4. The molecule has 38 heavy (non-hydrogen) atoms. The second-order valence-corrected chi connectivity index (χ2v) is 9.68. The topological polar surface area (TPSA) is 90.1 Å². The highest BCUT2D eigenvalue weighted by molar-refractivity contribution is 5.88. The van der Waals surface area contributed by atoms with Crippen LogP contribution in [0.3, 0.4) is 0 Å². The number of hydrogen-bond acceptors (Lipinski definition) is 4. The molecule has 7 nitrogen and oxygen atoms in total. The predicted octanol–water partition coefficient (Wildman–Crippen LogP) is 4.48. The van der Waals surface area contributed by atoms with Crippen LogP contribution in [-0.2, 0) is 22.6 Å². The van der Waals surface area contributed by atoms with E-state index in [4.69, 9.17) is 0 Å². The fraction of sp³-hybridized carbons (Fsp3) is 0.345. The Morgan fingerprint density at radius 1 is 1.18 bits per heavy atom. The fourth-order valence-corrected chi connectivity index (χ4v) is 4.75. The number of aromatic nitrogens is 2. The van der Waals surface area contributed by atoms with Crippen molar-refractivity contribution >= 4 is 11.8 Å². The molecule has 9 heteroatoms. The lowest BCUT2D eigenvalue weighted by Crippen LogP contribution is -2.49. The van der Waals surface area contributed by atoms with Gasteiger partial charge in [0, 0.05) is 36.3 Å². The fourth-order valence-electron chi connectivity index (χ4n) is 4.75. The standard InChI is InChI=1S/C29H33F2N5O2/c1-19-8-6-7-13-36(19)20(2)14-25(35-28(37)15-21-9-4-3-5-10-21)29(38)33-18-27-32-17-26(34-27)23-12-11-22(30)16-24(23)31/h3-5,9-12,16-17,19,25H,2,6-8,13-15,18H2,1H3,(H,32,34)(H,33,38)(H,35,37)/t19-,25-/m0/s1. The van der Waals surface area contributed by atoms with Crippen molar-refractivity contribution in [3.63, 3.8) is 0 Å². The lowest BCUT2D eigenvalue weighted by atomic mass is 10.0. The zero-order chi connectivity index (χ0) is 27.1. The summed E-state index contributed by atoms with van der Waals surface area (Å²) >= 11 is 0. The van der Waals surface area contributed by atoms with E-state index in [0.717, 1.165) is 43.1 Å². The van der Waals surface area contributed by atoms with Crippen LogP contribution in [0.1, 0.15) is 44.0 Å². The van der Waals surface area contributed by atoms with E-state index < -0.39 is 17.7 Å². The van der Waals surface area contributed by atoms with Crippen LogP contribution in [0.4, 0.5) is 8.78 Å². The minimum Gasteiger partial charge on any atom is -0.373 e. The molecule has 2 amide bonds. The number of imidazole rings is 1. The number of aromatic amines is 1. The number of nitrogens with one attached hydrogen (secondary N) is 3. The number of rotatable bonds is 10. The average Bonchev–Trinajstić information content (AvgIpc) is 3.36. The molecule has 1 saturated heterocycles. The van der Waals surface area contributed by atoms with E-state index in [-0.39, 0.29) is 36.8 Å². The molecule has 2 heterocycles. The third-order valence-electron chi connectivity index (χ3n) is 6.79. The number of hydrogen-bond donors (Lipinski definition) is 3. The van der Waals surface area contributed by atoms with Crippen LogP contribution < -0.4 is 10.6 Å². The molecular formula is C29H33F2N5O2. The third-order valence-corrected chi connectivity index (χ3v) is 6.79. The smallest absolute Gasteiger partial charge is 0.243 e. The zero-order valence-corrected chi connectivity index (χ0v) is 21.5. The molecule has 0 unspecified atom stereocenters. The van der Waals surface area contributed by atoms with E-state index in [9.17, 15) is 18.4 Å². The quantitative estimate of drug-likeness (QED) is 0.367. The van der Waals surface area contributed by atoms with Crippen molar-refractivity contribution in [3.05, 3.63) is 90.0 Å². The van der Waals surface area contributed by atoms with Crippen LogP contribution in [0.15, 0.2) is 67.0 Å². The summed E-state index contributed by atoms with van der Waals surface area (Å²) < 4.78 is 27.4. The van der Waals surface area contributed by atoms with Crippen molar-refractivity contribution in [2.75, 3.05) is 6.54 Å². The normalized spacial score (nSPS) is 16.1. The SMILES string of the molecule is C=C(C[C@H](NC(=O)Cc1ccccc1)C(=O)NCc1ncc(-c2ccc(F)cc2F)[nH]1)N1CCCC[C@@H]1C. The second-order valence-electron chi connectivity index (χ2n) is 9.68. The first kappa shape index (κ1) is 27.0. The van der Waals surface area contributed by atoms with Gasteiger partial charge in [-0.15, -0.1) is 0 Å². The first-order valence-electron chi connectivity index (χ1n) is 12.8. The molecule has 4 rings (SSSR count). The van der Waals surface area contributed by atoms with Gasteiger partial charge >= 0.3 is 0 Å². The van der Waals surface area contributed by atoms with Crippen LogP contribution in [0.2, 0.25) is 0 Å². The first-order chi connectivity index (χ1) is 18.3. The summed E-state index contributed by atoms with van der Waals surface area (Å²) in [6.45, 7) is 7.29. The minimum absolute atomic E-state index is 0.0410. The van der Waals surface area contributed by atoms with Gasteiger partial charge in [-0.2, -0.15) is 0 Å². The second kappa shape index (κ2) is 12.5. The average molecular weight is 522 g/mol. The van der Waals surface area contributed by atoms with Crippen LogP contribution in [0.25, 0.3) is 11.3 Å². The number of amides is 2. The molecular weight excluding hydrogens is 488 g/mol. The van der Waals surface area contributed by atoms with E-state index >= 15 is 0 Å². The molecule has 3 N–H and O–H groups in total. The number of carbonyl (C=O) groups is 2. The molecule has 1 aromatic heterocycles. The molecule has 0 spiro atoms. The molecule has 200 valence electrons. The van der Waals surface area contributed by atoms with Crippen molar-refractivity contribution in [2.45, 2.75) is 57.7 Å². The Morgan fingerprint density at radius 2 is 1.97 bits per heavy atom. The Kier molecular flexibility index (Phi) is 8.89. The van der Waals surface area contributed by atoms with Gasteiger partial charge in [-0.1, -0.05) is 36.9 Å². The van der Waals surface area contributed by atoms with E-state index in [1.807, 2.05) is 30.3 Å². The molecule has 2 atom stereocenters. The molecule has 0 aliphatic carbocycles. The number of piperidine rings is 1. The van der Waals surface area contributed by atoms with Gasteiger partial charge in [-0.05, 0) is 43.9 Å². The summed E-state index contributed by atoms with van der Waals surface area (Å²) in [6.07, 6.45) is 5.15. The molecule has 0 bridgehead atoms. The maximum atomic E-state index is 14.1. The van der Waals surface area contributed by atoms with Gasteiger partial charge in [0.05, 0.1) is 24.9 Å². The number of benzene rings is 2. The minimum atomic E-state index is -0.822.